The zero-order valence-electron chi connectivity index (χ0n) is 7.39. The molecule has 0 bridgehead atoms. The summed E-state index contributed by atoms with van der Waals surface area (Å²) >= 11 is 0. The van der Waals surface area contributed by atoms with Gasteiger partial charge in [-0.2, -0.15) is 0 Å². The van der Waals surface area contributed by atoms with Gasteiger partial charge in [0.25, 0.3) is 0 Å². The first-order chi connectivity index (χ1) is 5.16. The van der Waals surface area contributed by atoms with Gasteiger partial charge < -0.3 is 4.57 Å². The minimum absolute atomic E-state index is 0.970. The van der Waals surface area contributed by atoms with Crippen molar-refractivity contribution in [2.45, 2.75) is 27.2 Å². The Morgan fingerprint density at radius 1 is 1.64 bits per heavy atom. The molecule has 0 aliphatic rings. The Labute approximate surface area is 67.6 Å². The molecule has 0 atom stereocenters. The van der Waals surface area contributed by atoms with Crippen LogP contribution in [0.25, 0.3) is 5.70 Å². The van der Waals surface area contributed by atoms with Gasteiger partial charge >= 0.3 is 0 Å². The highest BCUT2D eigenvalue weighted by molar-refractivity contribution is 5.43. The lowest BCUT2D eigenvalue weighted by Gasteiger charge is -2.07. The Hall–Kier alpha value is -1.05. The molecule has 0 radical (unpaired) electrons. The van der Waals surface area contributed by atoms with Crippen molar-refractivity contribution >= 4 is 5.70 Å². The van der Waals surface area contributed by atoms with Crippen LogP contribution in [-0.4, -0.2) is 9.55 Å². The molecular weight excluding hydrogens is 136 g/mol. The maximum Gasteiger partial charge on any atom is 0.109 e. The molecule has 11 heavy (non-hydrogen) atoms. The molecule has 0 saturated carbocycles. The first-order valence-electron chi connectivity index (χ1n) is 3.86. The molecule has 1 heterocycles. The standard InChI is InChI=1S/C9H14N2/c1-5-7(2)11-8(3)6-10-9(11)4/h6H,2,5H2,1,3-4H3. The zero-order valence-corrected chi connectivity index (χ0v) is 7.39. The second-order valence-corrected chi connectivity index (χ2v) is 2.70. The highest BCUT2D eigenvalue weighted by Gasteiger charge is 2.02. The largest absolute Gasteiger partial charge is 0.306 e. The summed E-state index contributed by atoms with van der Waals surface area (Å²) in [5.41, 5.74) is 2.27. The summed E-state index contributed by atoms with van der Waals surface area (Å²) in [6, 6.07) is 0. The van der Waals surface area contributed by atoms with Gasteiger partial charge in [0.2, 0.25) is 0 Å². The van der Waals surface area contributed by atoms with E-state index in [4.69, 9.17) is 0 Å². The number of imidazole rings is 1. The predicted octanol–water partition coefficient (Wildman–Crippen LogP) is 2.38. The maximum absolute atomic E-state index is 4.19. The van der Waals surface area contributed by atoms with Gasteiger partial charge in [0.05, 0.1) is 0 Å². The van der Waals surface area contributed by atoms with Crippen LogP contribution >= 0.6 is 0 Å². The molecule has 0 spiro atoms. The van der Waals surface area contributed by atoms with Gasteiger partial charge in [-0.05, 0) is 20.3 Å². The average Bonchev–Trinajstić information content (AvgIpc) is 2.30. The van der Waals surface area contributed by atoms with Crippen molar-refractivity contribution in [3.05, 3.63) is 24.3 Å². The Balaban J connectivity index is 3.10. The van der Waals surface area contributed by atoms with E-state index in [1.165, 1.54) is 0 Å². The third-order valence-corrected chi connectivity index (χ3v) is 1.84. The minimum Gasteiger partial charge on any atom is -0.306 e. The van der Waals surface area contributed by atoms with Gasteiger partial charge in [-0.15, -0.1) is 0 Å². The number of rotatable bonds is 2. The molecule has 1 rings (SSSR count). The van der Waals surface area contributed by atoms with Crippen LogP contribution in [0.3, 0.4) is 0 Å². The molecule has 1 aromatic rings. The van der Waals surface area contributed by atoms with Crippen LogP contribution in [-0.2, 0) is 0 Å². The van der Waals surface area contributed by atoms with Crippen molar-refractivity contribution in [3.8, 4) is 0 Å². The summed E-state index contributed by atoms with van der Waals surface area (Å²) in [6.07, 6.45) is 2.84. The second-order valence-electron chi connectivity index (χ2n) is 2.70. The number of allylic oxidation sites excluding steroid dienone is 1. The SMILES string of the molecule is C=C(CC)n1c(C)cnc1C. The number of hydrogen-bond donors (Lipinski definition) is 0. The molecule has 1 aromatic heterocycles. The second kappa shape index (κ2) is 2.91. The zero-order chi connectivity index (χ0) is 8.43. The van der Waals surface area contributed by atoms with E-state index < -0.39 is 0 Å². The van der Waals surface area contributed by atoms with E-state index in [1.54, 1.807) is 0 Å². The molecular formula is C9H14N2. The summed E-state index contributed by atoms with van der Waals surface area (Å²) in [6.45, 7) is 10.1. The molecule has 0 aliphatic heterocycles. The van der Waals surface area contributed by atoms with E-state index in [-0.39, 0.29) is 0 Å². The van der Waals surface area contributed by atoms with E-state index in [1.807, 2.05) is 20.0 Å². The van der Waals surface area contributed by atoms with E-state index in [0.29, 0.717) is 0 Å². The van der Waals surface area contributed by atoms with E-state index in [0.717, 1.165) is 23.6 Å². The van der Waals surface area contributed by atoms with Crippen LogP contribution in [0.5, 0.6) is 0 Å². The molecule has 0 aromatic carbocycles. The maximum atomic E-state index is 4.19. The first-order valence-corrected chi connectivity index (χ1v) is 3.86. The molecule has 0 aliphatic carbocycles. The number of aromatic nitrogens is 2. The summed E-state index contributed by atoms with van der Waals surface area (Å²) in [5.74, 6) is 1.02. The Morgan fingerprint density at radius 2 is 2.27 bits per heavy atom. The van der Waals surface area contributed by atoms with Gasteiger partial charge in [0.1, 0.15) is 5.82 Å². The molecule has 0 fully saturated rings. The van der Waals surface area contributed by atoms with Crippen LogP contribution < -0.4 is 0 Å². The quantitative estimate of drug-likeness (QED) is 0.633. The summed E-state index contributed by atoms with van der Waals surface area (Å²) in [5, 5.41) is 0. The van der Waals surface area contributed by atoms with Crippen molar-refractivity contribution in [1.82, 2.24) is 9.55 Å². The lowest BCUT2D eigenvalue weighted by Crippen LogP contribution is -1.99. The fourth-order valence-corrected chi connectivity index (χ4v) is 1.19. The normalized spacial score (nSPS) is 10.1. The smallest absolute Gasteiger partial charge is 0.109 e. The minimum atomic E-state index is 0.970. The summed E-state index contributed by atoms with van der Waals surface area (Å²) in [7, 11) is 0. The van der Waals surface area contributed by atoms with Gasteiger partial charge in [-0.3, -0.25) is 0 Å². The van der Waals surface area contributed by atoms with Crippen molar-refractivity contribution in [2.75, 3.05) is 0 Å². The lowest BCUT2D eigenvalue weighted by atomic mass is 10.3. The van der Waals surface area contributed by atoms with Crippen molar-refractivity contribution in [2.24, 2.45) is 0 Å². The summed E-state index contributed by atoms with van der Waals surface area (Å²) in [4.78, 5) is 4.19. The molecule has 0 amide bonds. The topological polar surface area (TPSA) is 17.8 Å². The number of aryl methyl sites for hydroxylation is 2. The van der Waals surface area contributed by atoms with Gasteiger partial charge in [0.15, 0.2) is 0 Å². The molecule has 0 unspecified atom stereocenters. The summed E-state index contributed by atoms with van der Waals surface area (Å²) < 4.78 is 2.08. The molecule has 0 saturated heterocycles. The Kier molecular flexibility index (Phi) is 2.13. The van der Waals surface area contributed by atoms with Crippen molar-refractivity contribution in [3.63, 3.8) is 0 Å². The number of hydrogen-bond acceptors (Lipinski definition) is 1. The molecule has 2 nitrogen and oxygen atoms in total. The monoisotopic (exact) mass is 150 g/mol. The average molecular weight is 150 g/mol. The first kappa shape index (κ1) is 8.05. The fourth-order valence-electron chi connectivity index (χ4n) is 1.19. The highest BCUT2D eigenvalue weighted by Crippen LogP contribution is 2.12. The van der Waals surface area contributed by atoms with Crippen LogP contribution in [0.4, 0.5) is 0 Å². The highest BCUT2D eigenvalue weighted by atomic mass is 15.1. The van der Waals surface area contributed by atoms with Crippen molar-refractivity contribution in [1.29, 1.82) is 0 Å². The van der Waals surface area contributed by atoms with Crippen LogP contribution in [0, 0.1) is 13.8 Å². The van der Waals surface area contributed by atoms with Crippen LogP contribution in [0.1, 0.15) is 24.9 Å². The molecule has 0 N–H and O–H groups in total. The van der Waals surface area contributed by atoms with Gasteiger partial charge in [0, 0.05) is 17.6 Å². The van der Waals surface area contributed by atoms with Crippen LogP contribution in [0.2, 0.25) is 0 Å². The van der Waals surface area contributed by atoms with E-state index >= 15 is 0 Å². The molecule has 60 valence electrons. The van der Waals surface area contributed by atoms with E-state index in [9.17, 15) is 0 Å². The predicted molar refractivity (Wildman–Crippen MR) is 47.3 cm³/mol. The Morgan fingerprint density at radius 3 is 2.64 bits per heavy atom. The molecule has 2 heteroatoms. The van der Waals surface area contributed by atoms with E-state index in [2.05, 4.69) is 23.1 Å². The van der Waals surface area contributed by atoms with Gasteiger partial charge in [-0.25, -0.2) is 4.98 Å². The Bertz CT molecular complexity index is 252. The fraction of sp³-hybridized carbons (Fsp3) is 0.444. The van der Waals surface area contributed by atoms with Crippen LogP contribution in [0.15, 0.2) is 12.8 Å². The third-order valence-electron chi connectivity index (χ3n) is 1.84. The third kappa shape index (κ3) is 1.34. The van der Waals surface area contributed by atoms with Gasteiger partial charge in [-0.1, -0.05) is 13.5 Å². The number of nitrogens with zero attached hydrogens (tertiary/aromatic N) is 2. The van der Waals surface area contributed by atoms with Crippen molar-refractivity contribution < 1.29 is 0 Å². The lowest BCUT2D eigenvalue weighted by molar-refractivity contribution is 0.922.